The van der Waals surface area contributed by atoms with Crippen LogP contribution in [0.25, 0.3) is 0 Å². The first kappa shape index (κ1) is 11.5. The summed E-state index contributed by atoms with van der Waals surface area (Å²) in [6.07, 6.45) is 5.62. The molecular formula is C14H21NO. The SMILES string of the molecule is CC(OCCC1CCC1)c1ccc(N)cc1. The molecule has 1 saturated carbocycles. The van der Waals surface area contributed by atoms with Crippen molar-refractivity contribution in [1.29, 1.82) is 0 Å². The van der Waals surface area contributed by atoms with E-state index in [1.807, 2.05) is 24.3 Å². The Kier molecular flexibility index (Phi) is 3.83. The third kappa shape index (κ3) is 2.99. The van der Waals surface area contributed by atoms with Gasteiger partial charge in [0.05, 0.1) is 6.10 Å². The third-order valence-corrected chi connectivity index (χ3v) is 3.52. The van der Waals surface area contributed by atoms with Gasteiger partial charge in [-0.05, 0) is 37.0 Å². The van der Waals surface area contributed by atoms with E-state index >= 15 is 0 Å². The molecule has 2 nitrogen and oxygen atoms in total. The van der Waals surface area contributed by atoms with Crippen molar-refractivity contribution in [3.8, 4) is 0 Å². The monoisotopic (exact) mass is 219 g/mol. The number of nitrogen functional groups attached to an aromatic ring is 1. The Morgan fingerprint density at radius 1 is 1.31 bits per heavy atom. The molecule has 0 heterocycles. The highest BCUT2D eigenvalue weighted by atomic mass is 16.5. The zero-order chi connectivity index (χ0) is 11.4. The first-order valence-corrected chi connectivity index (χ1v) is 6.23. The van der Waals surface area contributed by atoms with E-state index in [-0.39, 0.29) is 6.10 Å². The van der Waals surface area contributed by atoms with Crippen LogP contribution in [0.1, 0.15) is 44.3 Å². The fourth-order valence-electron chi connectivity index (χ4n) is 2.06. The molecule has 0 radical (unpaired) electrons. The van der Waals surface area contributed by atoms with Crippen molar-refractivity contribution < 1.29 is 4.74 Å². The lowest BCUT2D eigenvalue weighted by molar-refractivity contribution is 0.0485. The molecular weight excluding hydrogens is 198 g/mol. The molecule has 2 rings (SSSR count). The van der Waals surface area contributed by atoms with Crippen LogP contribution >= 0.6 is 0 Å². The molecule has 0 saturated heterocycles. The summed E-state index contributed by atoms with van der Waals surface area (Å²) in [6, 6.07) is 7.95. The number of rotatable bonds is 5. The molecule has 0 aromatic heterocycles. The zero-order valence-corrected chi connectivity index (χ0v) is 9.99. The normalized spacial score (nSPS) is 18.1. The predicted molar refractivity (Wildman–Crippen MR) is 67.2 cm³/mol. The van der Waals surface area contributed by atoms with Gasteiger partial charge in [0.2, 0.25) is 0 Å². The Hall–Kier alpha value is -1.02. The summed E-state index contributed by atoms with van der Waals surface area (Å²) in [5.41, 5.74) is 7.67. The van der Waals surface area contributed by atoms with Crippen molar-refractivity contribution in [2.75, 3.05) is 12.3 Å². The summed E-state index contributed by atoms with van der Waals surface area (Å²) >= 11 is 0. The molecule has 88 valence electrons. The van der Waals surface area contributed by atoms with Crippen LogP contribution in [0, 0.1) is 5.92 Å². The summed E-state index contributed by atoms with van der Waals surface area (Å²) < 4.78 is 5.83. The highest BCUT2D eigenvalue weighted by Gasteiger charge is 2.17. The molecule has 1 fully saturated rings. The van der Waals surface area contributed by atoms with E-state index in [0.29, 0.717) is 0 Å². The van der Waals surface area contributed by atoms with Crippen molar-refractivity contribution in [1.82, 2.24) is 0 Å². The second-order valence-corrected chi connectivity index (χ2v) is 4.77. The highest BCUT2D eigenvalue weighted by Crippen LogP contribution is 2.30. The van der Waals surface area contributed by atoms with Gasteiger partial charge in [0.1, 0.15) is 0 Å². The summed E-state index contributed by atoms with van der Waals surface area (Å²) in [5.74, 6) is 0.929. The molecule has 1 aromatic rings. The first-order chi connectivity index (χ1) is 7.75. The maximum atomic E-state index is 5.83. The van der Waals surface area contributed by atoms with Crippen LogP contribution in [-0.4, -0.2) is 6.61 Å². The van der Waals surface area contributed by atoms with Gasteiger partial charge in [-0.3, -0.25) is 0 Å². The van der Waals surface area contributed by atoms with Gasteiger partial charge in [0, 0.05) is 12.3 Å². The van der Waals surface area contributed by atoms with Crippen LogP contribution in [0.15, 0.2) is 24.3 Å². The van der Waals surface area contributed by atoms with E-state index in [9.17, 15) is 0 Å². The summed E-state index contributed by atoms with van der Waals surface area (Å²) in [5, 5.41) is 0. The van der Waals surface area contributed by atoms with Gasteiger partial charge in [-0.25, -0.2) is 0 Å². The molecule has 0 amide bonds. The average Bonchev–Trinajstić information content (AvgIpc) is 2.22. The van der Waals surface area contributed by atoms with Crippen LogP contribution in [0.2, 0.25) is 0 Å². The Morgan fingerprint density at radius 2 is 2.00 bits per heavy atom. The average molecular weight is 219 g/mol. The van der Waals surface area contributed by atoms with Gasteiger partial charge >= 0.3 is 0 Å². The first-order valence-electron chi connectivity index (χ1n) is 6.23. The van der Waals surface area contributed by atoms with Crippen molar-refractivity contribution in [2.45, 2.75) is 38.7 Å². The second-order valence-electron chi connectivity index (χ2n) is 4.77. The van der Waals surface area contributed by atoms with Gasteiger partial charge in [0.15, 0.2) is 0 Å². The lowest BCUT2D eigenvalue weighted by Crippen LogP contribution is -2.14. The smallest absolute Gasteiger partial charge is 0.0796 e. The second kappa shape index (κ2) is 5.35. The Bertz CT molecular complexity index is 316. The van der Waals surface area contributed by atoms with Crippen LogP contribution in [0.4, 0.5) is 5.69 Å². The molecule has 1 unspecified atom stereocenters. The Labute approximate surface area is 97.8 Å². The fourth-order valence-corrected chi connectivity index (χ4v) is 2.06. The lowest BCUT2D eigenvalue weighted by atomic mass is 9.83. The number of nitrogens with two attached hydrogens (primary N) is 1. The summed E-state index contributed by atoms with van der Waals surface area (Å²) in [4.78, 5) is 0. The van der Waals surface area contributed by atoms with Crippen molar-refractivity contribution in [2.24, 2.45) is 5.92 Å². The number of ether oxygens (including phenoxy) is 1. The minimum Gasteiger partial charge on any atom is -0.399 e. The van der Waals surface area contributed by atoms with Gasteiger partial charge in [0.25, 0.3) is 0 Å². The van der Waals surface area contributed by atoms with Gasteiger partial charge in [-0.2, -0.15) is 0 Å². The van der Waals surface area contributed by atoms with E-state index in [2.05, 4.69) is 6.92 Å². The molecule has 1 aliphatic rings. The van der Waals surface area contributed by atoms with Crippen LogP contribution in [0.3, 0.4) is 0 Å². The maximum absolute atomic E-state index is 5.83. The highest BCUT2D eigenvalue weighted by molar-refractivity contribution is 5.39. The third-order valence-electron chi connectivity index (χ3n) is 3.52. The maximum Gasteiger partial charge on any atom is 0.0796 e. The van der Waals surface area contributed by atoms with E-state index in [1.54, 1.807) is 0 Å². The van der Waals surface area contributed by atoms with E-state index in [4.69, 9.17) is 10.5 Å². The van der Waals surface area contributed by atoms with E-state index < -0.39 is 0 Å². The molecule has 2 N–H and O–H groups in total. The minimum absolute atomic E-state index is 0.181. The number of hydrogen-bond acceptors (Lipinski definition) is 2. The predicted octanol–water partition coefficient (Wildman–Crippen LogP) is 3.54. The van der Waals surface area contributed by atoms with Crippen LogP contribution in [-0.2, 0) is 4.74 Å². The van der Waals surface area contributed by atoms with Crippen molar-refractivity contribution in [3.05, 3.63) is 29.8 Å². The Balaban J connectivity index is 1.73. The molecule has 1 aliphatic carbocycles. The fraction of sp³-hybridized carbons (Fsp3) is 0.571. The van der Waals surface area contributed by atoms with Crippen LogP contribution < -0.4 is 5.73 Å². The van der Waals surface area contributed by atoms with Gasteiger partial charge in [-0.1, -0.05) is 31.4 Å². The molecule has 1 atom stereocenters. The van der Waals surface area contributed by atoms with Crippen molar-refractivity contribution >= 4 is 5.69 Å². The standard InChI is InChI=1S/C14H21NO/c1-11(13-5-7-14(15)8-6-13)16-10-9-12-3-2-4-12/h5-8,11-12H,2-4,9-10,15H2,1H3. The van der Waals surface area contributed by atoms with Gasteiger partial charge < -0.3 is 10.5 Å². The molecule has 2 heteroatoms. The van der Waals surface area contributed by atoms with E-state index in [0.717, 1.165) is 18.2 Å². The summed E-state index contributed by atoms with van der Waals surface area (Å²) in [6.45, 7) is 2.99. The molecule has 0 bridgehead atoms. The summed E-state index contributed by atoms with van der Waals surface area (Å²) in [7, 11) is 0. The zero-order valence-electron chi connectivity index (χ0n) is 9.99. The van der Waals surface area contributed by atoms with E-state index in [1.165, 1.54) is 31.2 Å². The largest absolute Gasteiger partial charge is 0.399 e. The molecule has 1 aromatic carbocycles. The van der Waals surface area contributed by atoms with Gasteiger partial charge in [-0.15, -0.1) is 0 Å². The molecule has 16 heavy (non-hydrogen) atoms. The molecule has 0 spiro atoms. The number of hydrogen-bond donors (Lipinski definition) is 1. The lowest BCUT2D eigenvalue weighted by Gasteiger charge is -2.25. The number of anilines is 1. The number of benzene rings is 1. The minimum atomic E-state index is 0.181. The van der Waals surface area contributed by atoms with Crippen LogP contribution in [0.5, 0.6) is 0 Å². The Morgan fingerprint density at radius 3 is 2.56 bits per heavy atom. The van der Waals surface area contributed by atoms with Crippen molar-refractivity contribution in [3.63, 3.8) is 0 Å². The molecule has 0 aliphatic heterocycles. The quantitative estimate of drug-likeness (QED) is 0.769. The topological polar surface area (TPSA) is 35.2 Å².